The summed E-state index contributed by atoms with van der Waals surface area (Å²) in [6.45, 7) is 2.19. The second-order valence-corrected chi connectivity index (χ2v) is 2.80. The van der Waals surface area contributed by atoms with Crippen LogP contribution in [0.15, 0.2) is 12.3 Å². The Morgan fingerprint density at radius 3 is 3.07 bits per heavy atom. The van der Waals surface area contributed by atoms with Crippen LogP contribution in [0.25, 0.3) is 0 Å². The molecule has 0 atom stereocenters. The largest absolute Gasteiger partial charge is 0.509 e. The van der Waals surface area contributed by atoms with E-state index in [1.54, 1.807) is 10.9 Å². The molecule has 78 valence electrons. The Hall–Kier alpha value is -1.52. The van der Waals surface area contributed by atoms with Crippen LogP contribution in [0, 0.1) is 0 Å². The van der Waals surface area contributed by atoms with E-state index in [1.165, 1.54) is 7.11 Å². The van der Waals surface area contributed by atoms with Gasteiger partial charge in [-0.15, -0.1) is 0 Å². The Balaban J connectivity index is 2.49. The molecule has 0 saturated heterocycles. The van der Waals surface area contributed by atoms with E-state index >= 15 is 0 Å². The summed E-state index contributed by atoms with van der Waals surface area (Å²) < 4.78 is 10.7. The fourth-order valence-corrected chi connectivity index (χ4v) is 1.12. The van der Waals surface area contributed by atoms with Crippen LogP contribution >= 0.6 is 0 Å². The van der Waals surface area contributed by atoms with Gasteiger partial charge in [-0.1, -0.05) is 13.3 Å². The summed E-state index contributed by atoms with van der Waals surface area (Å²) in [5.41, 5.74) is 1.05. The molecule has 0 bridgehead atoms. The summed E-state index contributed by atoms with van der Waals surface area (Å²) in [6, 6.07) is 1.91. The molecule has 1 aromatic heterocycles. The Kier molecular flexibility index (Phi) is 3.97. The molecule has 0 amide bonds. The second-order valence-electron chi connectivity index (χ2n) is 2.80. The number of rotatable bonds is 4. The second kappa shape index (κ2) is 5.26. The molecule has 1 heterocycles. The van der Waals surface area contributed by atoms with Crippen molar-refractivity contribution in [1.29, 1.82) is 0 Å². The van der Waals surface area contributed by atoms with Gasteiger partial charge in [-0.05, 0) is 12.5 Å². The van der Waals surface area contributed by atoms with Crippen molar-refractivity contribution < 1.29 is 14.3 Å². The van der Waals surface area contributed by atoms with Gasteiger partial charge in [0, 0.05) is 11.9 Å². The van der Waals surface area contributed by atoms with Gasteiger partial charge in [0.25, 0.3) is 0 Å². The van der Waals surface area contributed by atoms with Gasteiger partial charge < -0.3 is 9.47 Å². The number of hydrogen-bond acceptors (Lipinski definition) is 4. The molecule has 0 aliphatic carbocycles. The maximum atomic E-state index is 10.7. The molecular weight excluding hydrogens is 184 g/mol. The molecular formula is C9H14N2O3. The van der Waals surface area contributed by atoms with E-state index in [2.05, 4.69) is 16.8 Å². The first-order valence-electron chi connectivity index (χ1n) is 4.49. The van der Waals surface area contributed by atoms with Crippen LogP contribution in [0.4, 0.5) is 4.79 Å². The fourth-order valence-electron chi connectivity index (χ4n) is 1.12. The summed E-state index contributed by atoms with van der Waals surface area (Å²) in [6.07, 6.45) is 2.95. The summed E-state index contributed by atoms with van der Waals surface area (Å²) in [5.74, 6) is 0. The molecule has 1 aromatic rings. The lowest BCUT2D eigenvalue weighted by molar-refractivity contribution is 0.0439. The lowest BCUT2D eigenvalue weighted by atomic mass is 10.2. The van der Waals surface area contributed by atoms with E-state index in [9.17, 15) is 4.79 Å². The number of carbonyl (C=O) groups is 1. The Morgan fingerprint density at radius 1 is 1.64 bits per heavy atom. The van der Waals surface area contributed by atoms with Gasteiger partial charge in [-0.2, -0.15) is 5.10 Å². The number of ether oxygens (including phenoxy) is 2. The zero-order valence-corrected chi connectivity index (χ0v) is 8.40. The smallest absolute Gasteiger partial charge is 0.438 e. The third-order valence-corrected chi connectivity index (χ3v) is 1.78. The lowest BCUT2D eigenvalue weighted by Gasteiger charge is -2.06. The first-order chi connectivity index (χ1) is 6.77. The summed E-state index contributed by atoms with van der Waals surface area (Å²) >= 11 is 0. The topological polar surface area (TPSA) is 53.4 Å². The lowest BCUT2D eigenvalue weighted by Crippen LogP contribution is -2.12. The Bertz CT molecular complexity index is 296. The van der Waals surface area contributed by atoms with E-state index in [4.69, 9.17) is 4.74 Å². The van der Waals surface area contributed by atoms with Crippen molar-refractivity contribution in [2.24, 2.45) is 0 Å². The maximum Gasteiger partial charge on any atom is 0.509 e. The summed E-state index contributed by atoms with van der Waals surface area (Å²) in [4.78, 5) is 10.7. The molecule has 14 heavy (non-hydrogen) atoms. The van der Waals surface area contributed by atoms with E-state index in [-0.39, 0.29) is 6.73 Å². The molecule has 0 fully saturated rings. The molecule has 0 radical (unpaired) electrons. The molecule has 0 aliphatic heterocycles. The molecule has 5 nitrogen and oxygen atoms in total. The number of carbonyl (C=O) groups excluding carboxylic acids is 1. The monoisotopic (exact) mass is 198 g/mol. The van der Waals surface area contributed by atoms with Crippen LogP contribution in [0.3, 0.4) is 0 Å². The molecule has 0 saturated carbocycles. The standard InChI is InChI=1S/C9H14N2O3/c1-3-4-8-5-6-10-11(8)7-14-9(12)13-2/h5-6H,3-4,7H2,1-2H3. The fraction of sp³-hybridized carbons (Fsp3) is 0.556. The predicted molar refractivity (Wildman–Crippen MR) is 49.7 cm³/mol. The highest BCUT2D eigenvalue weighted by atomic mass is 16.7. The number of nitrogens with zero attached hydrogens (tertiary/aromatic N) is 2. The summed E-state index contributed by atoms with van der Waals surface area (Å²) in [5, 5.41) is 4.02. The molecule has 1 rings (SSSR count). The highest BCUT2D eigenvalue weighted by Gasteiger charge is 2.04. The van der Waals surface area contributed by atoms with Crippen LogP contribution in [0.2, 0.25) is 0 Å². The normalized spacial score (nSPS) is 9.86. The minimum absolute atomic E-state index is 0.106. The third kappa shape index (κ3) is 2.76. The molecule has 0 aliphatic rings. The zero-order chi connectivity index (χ0) is 10.4. The van der Waals surface area contributed by atoms with Gasteiger partial charge in [-0.25, -0.2) is 9.48 Å². The van der Waals surface area contributed by atoms with E-state index in [0.29, 0.717) is 0 Å². The number of aryl methyl sites for hydroxylation is 1. The minimum atomic E-state index is -0.692. The van der Waals surface area contributed by atoms with Gasteiger partial charge in [-0.3, -0.25) is 0 Å². The quantitative estimate of drug-likeness (QED) is 0.689. The zero-order valence-electron chi connectivity index (χ0n) is 8.40. The number of methoxy groups -OCH3 is 1. The Morgan fingerprint density at radius 2 is 2.43 bits per heavy atom. The highest BCUT2D eigenvalue weighted by Crippen LogP contribution is 2.02. The van der Waals surface area contributed by atoms with Gasteiger partial charge in [0.15, 0.2) is 6.73 Å². The first-order valence-corrected chi connectivity index (χ1v) is 4.49. The van der Waals surface area contributed by atoms with Crippen molar-refractivity contribution in [1.82, 2.24) is 9.78 Å². The van der Waals surface area contributed by atoms with Gasteiger partial charge in [0.2, 0.25) is 0 Å². The SMILES string of the molecule is CCCc1ccnn1COC(=O)OC. The summed E-state index contributed by atoms with van der Waals surface area (Å²) in [7, 11) is 1.28. The Labute approximate surface area is 82.6 Å². The average molecular weight is 198 g/mol. The van der Waals surface area contributed by atoms with Crippen molar-refractivity contribution in [3.8, 4) is 0 Å². The molecule has 0 aromatic carbocycles. The van der Waals surface area contributed by atoms with E-state index in [1.807, 2.05) is 6.07 Å². The van der Waals surface area contributed by atoms with Crippen LogP contribution in [0.1, 0.15) is 19.0 Å². The number of aromatic nitrogens is 2. The molecule has 0 unspecified atom stereocenters. The minimum Gasteiger partial charge on any atom is -0.438 e. The van der Waals surface area contributed by atoms with Crippen LogP contribution in [-0.2, 0) is 22.6 Å². The van der Waals surface area contributed by atoms with Crippen LogP contribution in [-0.4, -0.2) is 23.0 Å². The van der Waals surface area contributed by atoms with Crippen molar-refractivity contribution >= 4 is 6.16 Å². The van der Waals surface area contributed by atoms with Crippen LogP contribution < -0.4 is 0 Å². The van der Waals surface area contributed by atoms with E-state index < -0.39 is 6.16 Å². The molecule has 5 heteroatoms. The van der Waals surface area contributed by atoms with Crippen molar-refractivity contribution in [3.63, 3.8) is 0 Å². The third-order valence-electron chi connectivity index (χ3n) is 1.78. The average Bonchev–Trinajstić information content (AvgIpc) is 2.62. The number of hydrogen-bond donors (Lipinski definition) is 0. The van der Waals surface area contributed by atoms with Gasteiger partial charge in [0.05, 0.1) is 7.11 Å². The molecule has 0 spiro atoms. The highest BCUT2D eigenvalue weighted by molar-refractivity contribution is 5.59. The van der Waals surface area contributed by atoms with E-state index in [0.717, 1.165) is 18.5 Å². The van der Waals surface area contributed by atoms with Gasteiger partial charge in [0.1, 0.15) is 0 Å². The van der Waals surface area contributed by atoms with Crippen LogP contribution in [0.5, 0.6) is 0 Å². The van der Waals surface area contributed by atoms with Crippen molar-refractivity contribution in [3.05, 3.63) is 18.0 Å². The predicted octanol–water partition coefficient (Wildman–Crippen LogP) is 1.58. The molecule has 0 N–H and O–H groups in total. The van der Waals surface area contributed by atoms with Gasteiger partial charge >= 0.3 is 6.16 Å². The maximum absolute atomic E-state index is 10.7. The van der Waals surface area contributed by atoms with Crippen molar-refractivity contribution in [2.45, 2.75) is 26.5 Å². The van der Waals surface area contributed by atoms with Crippen molar-refractivity contribution in [2.75, 3.05) is 7.11 Å². The first kappa shape index (κ1) is 10.6.